The molecule has 0 saturated heterocycles. The molecule has 4 aromatic rings. The van der Waals surface area contributed by atoms with Crippen LogP contribution >= 0.6 is 11.6 Å². The van der Waals surface area contributed by atoms with Crippen LogP contribution < -0.4 is 14.4 Å². The van der Waals surface area contributed by atoms with Gasteiger partial charge in [0.1, 0.15) is 18.3 Å². The first-order valence-corrected chi connectivity index (χ1v) is 16.9. The van der Waals surface area contributed by atoms with E-state index < -0.39 is 28.5 Å². The molecule has 1 N–H and O–H groups in total. The summed E-state index contributed by atoms with van der Waals surface area (Å²) in [5, 5.41) is 3.53. The maximum absolute atomic E-state index is 14.5. The molecule has 0 aliphatic heterocycles. The largest absolute Gasteiger partial charge is 0.497 e. The number of nitrogens with zero attached hydrogens (tertiary/aromatic N) is 2. The van der Waals surface area contributed by atoms with Gasteiger partial charge in [-0.15, -0.1) is 0 Å². The Bertz CT molecular complexity index is 1700. The highest BCUT2D eigenvalue weighted by Crippen LogP contribution is 2.27. The first kappa shape index (κ1) is 34.5. The molecular formula is C36H40ClN3O5S. The zero-order valence-corrected chi connectivity index (χ0v) is 28.1. The number of methoxy groups -OCH3 is 1. The Morgan fingerprint density at radius 1 is 0.848 bits per heavy atom. The van der Waals surface area contributed by atoms with Crippen molar-refractivity contribution in [1.82, 2.24) is 10.2 Å². The summed E-state index contributed by atoms with van der Waals surface area (Å²) < 4.78 is 34.7. The Labute approximate surface area is 277 Å². The van der Waals surface area contributed by atoms with E-state index in [1.165, 1.54) is 24.1 Å². The second kappa shape index (κ2) is 15.8. The van der Waals surface area contributed by atoms with E-state index in [9.17, 15) is 18.0 Å². The lowest BCUT2D eigenvalue weighted by atomic mass is 10.0. The Balaban J connectivity index is 1.79. The molecular weight excluding hydrogens is 622 g/mol. The molecule has 46 heavy (non-hydrogen) atoms. The normalized spacial score (nSPS) is 12.0. The van der Waals surface area contributed by atoms with Crippen LogP contribution in [0.3, 0.4) is 0 Å². The average molecular weight is 662 g/mol. The number of carbonyl (C=O) groups excluding carboxylic acids is 2. The highest BCUT2D eigenvalue weighted by atomic mass is 35.5. The molecule has 0 aliphatic carbocycles. The maximum Gasteiger partial charge on any atom is 0.264 e. The van der Waals surface area contributed by atoms with Gasteiger partial charge in [-0.25, -0.2) is 8.42 Å². The molecule has 0 aliphatic rings. The number of hydrogen-bond donors (Lipinski definition) is 1. The van der Waals surface area contributed by atoms with Gasteiger partial charge in [0.25, 0.3) is 10.0 Å². The van der Waals surface area contributed by atoms with Crippen molar-refractivity contribution in [3.63, 3.8) is 0 Å². The van der Waals surface area contributed by atoms with Crippen molar-refractivity contribution in [2.45, 2.75) is 44.7 Å². The van der Waals surface area contributed by atoms with Gasteiger partial charge in [0.15, 0.2) is 0 Å². The number of nitrogens with one attached hydrogen (secondary N) is 1. The van der Waals surface area contributed by atoms with Gasteiger partial charge in [-0.05, 0) is 72.5 Å². The molecule has 0 bridgehead atoms. The van der Waals surface area contributed by atoms with Crippen molar-refractivity contribution in [3.05, 3.63) is 125 Å². The van der Waals surface area contributed by atoms with E-state index in [-0.39, 0.29) is 35.4 Å². The summed E-state index contributed by atoms with van der Waals surface area (Å²) in [5.74, 6) is -0.136. The third-order valence-corrected chi connectivity index (χ3v) is 9.51. The molecule has 4 rings (SSSR count). The standard InChI is InChI=1S/C36H40ClN3O5S/c1-26(2)23-38-36(42)34(22-28-8-6-5-7-9-28)39(24-29-12-14-30(37)15-13-29)35(41)25-40(31-16-18-32(45-4)19-17-31)46(43,44)33-20-10-27(3)11-21-33/h5-21,26,34H,22-25H2,1-4H3,(H,38,42). The molecule has 0 aromatic heterocycles. The van der Waals surface area contributed by atoms with Gasteiger partial charge >= 0.3 is 0 Å². The number of sulfonamides is 1. The Morgan fingerprint density at radius 3 is 2.07 bits per heavy atom. The number of hydrogen-bond acceptors (Lipinski definition) is 5. The molecule has 1 atom stereocenters. The van der Waals surface area contributed by atoms with Crippen LogP contribution in [0.5, 0.6) is 5.75 Å². The summed E-state index contributed by atoms with van der Waals surface area (Å²) in [7, 11) is -2.68. The van der Waals surface area contributed by atoms with Crippen LogP contribution in [0.25, 0.3) is 0 Å². The lowest BCUT2D eigenvalue weighted by Gasteiger charge is -2.34. The lowest BCUT2D eigenvalue weighted by molar-refractivity contribution is -0.140. The van der Waals surface area contributed by atoms with E-state index >= 15 is 0 Å². The van der Waals surface area contributed by atoms with Crippen molar-refractivity contribution in [1.29, 1.82) is 0 Å². The number of carbonyl (C=O) groups is 2. The minimum Gasteiger partial charge on any atom is -0.497 e. The Hall–Kier alpha value is -4.34. The molecule has 242 valence electrons. The maximum atomic E-state index is 14.5. The van der Waals surface area contributed by atoms with Crippen LogP contribution in [-0.4, -0.2) is 51.4 Å². The molecule has 0 saturated carbocycles. The van der Waals surface area contributed by atoms with Crippen molar-refractivity contribution in [2.75, 3.05) is 24.5 Å². The summed E-state index contributed by atoms with van der Waals surface area (Å²) >= 11 is 6.15. The molecule has 0 radical (unpaired) electrons. The van der Waals surface area contributed by atoms with E-state index in [2.05, 4.69) is 5.32 Å². The second-order valence-corrected chi connectivity index (χ2v) is 13.8. The number of anilines is 1. The zero-order valence-electron chi connectivity index (χ0n) is 26.5. The second-order valence-electron chi connectivity index (χ2n) is 11.5. The zero-order chi connectivity index (χ0) is 33.3. The molecule has 8 nitrogen and oxygen atoms in total. The molecule has 0 spiro atoms. The fourth-order valence-corrected chi connectivity index (χ4v) is 6.42. The van der Waals surface area contributed by atoms with E-state index in [0.717, 1.165) is 21.0 Å². The van der Waals surface area contributed by atoms with Crippen molar-refractivity contribution >= 4 is 39.1 Å². The monoisotopic (exact) mass is 661 g/mol. The van der Waals surface area contributed by atoms with Crippen molar-refractivity contribution in [2.24, 2.45) is 5.92 Å². The van der Waals surface area contributed by atoms with Crippen LogP contribution in [0.4, 0.5) is 5.69 Å². The average Bonchev–Trinajstić information content (AvgIpc) is 3.05. The number of benzene rings is 4. The highest BCUT2D eigenvalue weighted by Gasteiger charge is 2.34. The van der Waals surface area contributed by atoms with E-state index in [1.54, 1.807) is 60.7 Å². The first-order valence-electron chi connectivity index (χ1n) is 15.1. The summed E-state index contributed by atoms with van der Waals surface area (Å²) in [6.07, 6.45) is 0.233. The third kappa shape index (κ3) is 9.11. The van der Waals surface area contributed by atoms with Crippen LogP contribution in [0, 0.1) is 12.8 Å². The molecule has 10 heteroatoms. The topological polar surface area (TPSA) is 96.0 Å². The summed E-state index contributed by atoms with van der Waals surface area (Å²) in [5.41, 5.74) is 2.78. The van der Waals surface area contributed by atoms with E-state index in [0.29, 0.717) is 17.3 Å². The molecule has 0 heterocycles. The molecule has 4 aromatic carbocycles. The Kier molecular flexibility index (Phi) is 11.8. The summed E-state index contributed by atoms with van der Waals surface area (Å²) in [4.78, 5) is 29.9. The van der Waals surface area contributed by atoms with Gasteiger partial charge in [-0.2, -0.15) is 0 Å². The van der Waals surface area contributed by atoms with Crippen LogP contribution in [0.15, 0.2) is 108 Å². The fraction of sp³-hybridized carbons (Fsp3) is 0.278. The van der Waals surface area contributed by atoms with Gasteiger partial charge in [-0.3, -0.25) is 13.9 Å². The smallest absolute Gasteiger partial charge is 0.264 e. The van der Waals surface area contributed by atoms with Crippen LogP contribution in [-0.2, 0) is 32.6 Å². The highest BCUT2D eigenvalue weighted by molar-refractivity contribution is 7.92. The van der Waals surface area contributed by atoms with Crippen molar-refractivity contribution < 1.29 is 22.7 Å². The first-order chi connectivity index (χ1) is 22.0. The predicted octanol–water partition coefficient (Wildman–Crippen LogP) is 6.26. The van der Waals surface area contributed by atoms with E-state index in [4.69, 9.17) is 16.3 Å². The van der Waals surface area contributed by atoms with Gasteiger partial charge in [0, 0.05) is 24.5 Å². The predicted molar refractivity (Wildman–Crippen MR) is 182 cm³/mol. The molecule has 1 unspecified atom stereocenters. The van der Waals surface area contributed by atoms with E-state index in [1.807, 2.05) is 51.1 Å². The van der Waals surface area contributed by atoms with Crippen LogP contribution in [0.2, 0.25) is 5.02 Å². The summed E-state index contributed by atoms with van der Waals surface area (Å²) in [6.45, 7) is 5.79. The molecule has 0 fully saturated rings. The number of aryl methyl sites for hydroxylation is 1. The number of ether oxygens (including phenoxy) is 1. The SMILES string of the molecule is COc1ccc(N(CC(=O)N(Cc2ccc(Cl)cc2)C(Cc2ccccc2)C(=O)NCC(C)C)S(=O)(=O)c2ccc(C)cc2)cc1. The van der Waals surface area contributed by atoms with Crippen LogP contribution in [0.1, 0.15) is 30.5 Å². The fourth-order valence-electron chi connectivity index (χ4n) is 4.88. The van der Waals surface area contributed by atoms with Gasteiger partial charge in [0.05, 0.1) is 17.7 Å². The number of rotatable bonds is 14. The molecule has 2 amide bonds. The summed E-state index contributed by atoms with van der Waals surface area (Å²) in [6, 6.07) is 28.5. The third-order valence-electron chi connectivity index (χ3n) is 7.47. The number of amides is 2. The van der Waals surface area contributed by atoms with Gasteiger partial charge in [0.2, 0.25) is 11.8 Å². The minimum absolute atomic E-state index is 0.0430. The lowest BCUT2D eigenvalue weighted by Crippen LogP contribution is -2.53. The minimum atomic E-state index is -4.20. The van der Waals surface area contributed by atoms with Gasteiger partial charge in [-0.1, -0.05) is 85.6 Å². The Morgan fingerprint density at radius 2 is 1.48 bits per heavy atom. The quantitative estimate of drug-likeness (QED) is 0.172. The van der Waals surface area contributed by atoms with Crippen molar-refractivity contribution in [3.8, 4) is 5.75 Å². The number of halogens is 1. The van der Waals surface area contributed by atoms with Gasteiger partial charge < -0.3 is 15.0 Å².